The highest BCUT2D eigenvalue weighted by atomic mass is 19.2. The Hall–Kier alpha value is -0.620. The van der Waals surface area contributed by atoms with Crippen LogP contribution in [0.5, 0.6) is 0 Å². The first-order chi connectivity index (χ1) is 14.1. The molecule has 5 unspecified atom stereocenters. The van der Waals surface area contributed by atoms with E-state index in [-0.39, 0.29) is 12.0 Å². The summed E-state index contributed by atoms with van der Waals surface area (Å²) in [6, 6.07) is 0. The van der Waals surface area contributed by atoms with Gasteiger partial charge >= 0.3 is 0 Å². The molecule has 0 saturated heterocycles. The molecule has 3 fully saturated rings. The largest absolute Gasteiger partial charge is 0.359 e. The van der Waals surface area contributed by atoms with E-state index in [1.807, 2.05) is 0 Å². The van der Waals surface area contributed by atoms with Gasteiger partial charge in [0.05, 0.1) is 6.10 Å². The molecule has 0 spiro atoms. The molecule has 0 aromatic heterocycles. The Morgan fingerprint density at radius 1 is 0.828 bits per heavy atom. The molecule has 0 heterocycles. The number of unbranched alkanes of at least 4 members (excludes halogenated alkanes) is 2. The van der Waals surface area contributed by atoms with Crippen molar-refractivity contribution in [3.05, 3.63) is 0 Å². The van der Waals surface area contributed by atoms with E-state index in [1.165, 1.54) is 44.9 Å². The lowest BCUT2D eigenvalue weighted by molar-refractivity contribution is -0.103. The molecule has 29 heavy (non-hydrogen) atoms. The minimum absolute atomic E-state index is 0.124. The van der Waals surface area contributed by atoms with Crippen LogP contribution in [-0.2, 0) is 4.74 Å². The molecule has 0 amide bonds. The molecule has 3 heteroatoms. The molecule has 3 aliphatic carbocycles. The fourth-order valence-corrected chi connectivity index (χ4v) is 6.39. The van der Waals surface area contributed by atoms with Gasteiger partial charge in [-0.05, 0) is 75.0 Å². The lowest BCUT2D eigenvalue weighted by Gasteiger charge is -2.43. The van der Waals surface area contributed by atoms with Gasteiger partial charge in [0.15, 0.2) is 6.17 Å². The van der Waals surface area contributed by atoms with Gasteiger partial charge in [0.1, 0.15) is 12.3 Å². The molecule has 3 aliphatic rings. The van der Waals surface area contributed by atoms with E-state index >= 15 is 4.39 Å². The van der Waals surface area contributed by atoms with Crippen LogP contribution in [0, 0.1) is 36.0 Å². The number of halogens is 2. The van der Waals surface area contributed by atoms with Gasteiger partial charge < -0.3 is 4.74 Å². The highest BCUT2D eigenvalue weighted by molar-refractivity contribution is 4.98. The minimum atomic E-state index is -1.52. The second-order valence-electron chi connectivity index (χ2n) is 10.0. The Labute approximate surface area is 177 Å². The maximum absolute atomic E-state index is 15.1. The predicted octanol–water partition coefficient (Wildman–Crippen LogP) is 7.43. The van der Waals surface area contributed by atoms with Crippen LogP contribution in [0.3, 0.4) is 0 Å². The second kappa shape index (κ2) is 11.7. The van der Waals surface area contributed by atoms with Crippen LogP contribution in [0.4, 0.5) is 8.78 Å². The lowest BCUT2D eigenvalue weighted by atomic mass is 9.65. The van der Waals surface area contributed by atoms with E-state index < -0.39 is 18.4 Å². The molecule has 0 aromatic rings. The third-order valence-electron chi connectivity index (χ3n) is 8.19. The molecule has 0 radical (unpaired) electrons. The number of hydrogen-bond acceptors (Lipinski definition) is 1. The molecule has 5 atom stereocenters. The topological polar surface area (TPSA) is 9.23 Å². The van der Waals surface area contributed by atoms with Crippen LogP contribution in [0.25, 0.3) is 0 Å². The normalized spacial score (nSPS) is 37.7. The van der Waals surface area contributed by atoms with E-state index in [0.29, 0.717) is 12.3 Å². The first-order valence-electron chi connectivity index (χ1n) is 12.5. The zero-order valence-corrected chi connectivity index (χ0v) is 18.5. The number of terminal acetylenes is 1. The van der Waals surface area contributed by atoms with Crippen molar-refractivity contribution in [3.63, 3.8) is 0 Å². The standard InChI is InChI=1S/C26H42F2O/c1-3-5-7-12-22(4-2)29-24-18-17-23(25(27)26(24)28)21-15-13-20(14-16-21)19-10-8-6-9-11-19/h2,19-26H,3,5-18H2,1H3. The molecule has 0 aliphatic heterocycles. The zero-order valence-electron chi connectivity index (χ0n) is 18.5. The van der Waals surface area contributed by atoms with Crippen LogP contribution in [0.15, 0.2) is 0 Å². The van der Waals surface area contributed by atoms with E-state index in [0.717, 1.165) is 56.8 Å². The lowest BCUT2D eigenvalue weighted by Crippen LogP contribution is -2.47. The summed E-state index contributed by atoms with van der Waals surface area (Å²) in [7, 11) is 0. The summed E-state index contributed by atoms with van der Waals surface area (Å²) >= 11 is 0. The molecule has 3 rings (SSSR count). The zero-order chi connectivity index (χ0) is 20.6. The first-order valence-corrected chi connectivity index (χ1v) is 12.5. The number of ether oxygens (including phenoxy) is 1. The highest BCUT2D eigenvalue weighted by Crippen LogP contribution is 2.46. The Morgan fingerprint density at radius 3 is 2.14 bits per heavy atom. The molecule has 0 bridgehead atoms. The Morgan fingerprint density at radius 2 is 1.48 bits per heavy atom. The fraction of sp³-hybridized carbons (Fsp3) is 0.923. The van der Waals surface area contributed by atoms with E-state index in [4.69, 9.17) is 11.2 Å². The maximum atomic E-state index is 15.1. The maximum Gasteiger partial charge on any atom is 0.157 e. The van der Waals surface area contributed by atoms with Crippen molar-refractivity contribution in [2.45, 2.75) is 128 Å². The molecule has 0 N–H and O–H groups in total. The summed E-state index contributed by atoms with van der Waals surface area (Å²) in [4.78, 5) is 0. The van der Waals surface area contributed by atoms with Gasteiger partial charge in [0.2, 0.25) is 0 Å². The van der Waals surface area contributed by atoms with Gasteiger partial charge in [0, 0.05) is 0 Å². The molecule has 0 aromatic carbocycles. The van der Waals surface area contributed by atoms with Crippen LogP contribution in [0.2, 0.25) is 0 Å². The van der Waals surface area contributed by atoms with Gasteiger partial charge in [-0.3, -0.25) is 0 Å². The molecular weight excluding hydrogens is 366 g/mol. The van der Waals surface area contributed by atoms with Crippen molar-refractivity contribution in [2.24, 2.45) is 23.7 Å². The van der Waals surface area contributed by atoms with Crippen molar-refractivity contribution < 1.29 is 13.5 Å². The van der Waals surface area contributed by atoms with Gasteiger partial charge in [0.25, 0.3) is 0 Å². The van der Waals surface area contributed by atoms with Crippen molar-refractivity contribution in [2.75, 3.05) is 0 Å². The average Bonchev–Trinajstić information content (AvgIpc) is 2.77. The SMILES string of the molecule is C#CC(CCCCC)OC1CCC(C2CCC(C3CCCCC3)CC2)C(F)C1F. The summed E-state index contributed by atoms with van der Waals surface area (Å²) in [5, 5.41) is 0. The second-order valence-corrected chi connectivity index (χ2v) is 10.0. The van der Waals surface area contributed by atoms with Gasteiger partial charge in [-0.1, -0.05) is 57.8 Å². The van der Waals surface area contributed by atoms with Crippen LogP contribution < -0.4 is 0 Å². The Balaban J connectivity index is 1.45. The summed E-state index contributed by atoms with van der Waals surface area (Å²) < 4.78 is 35.9. The third kappa shape index (κ3) is 6.19. The fourth-order valence-electron chi connectivity index (χ4n) is 6.39. The predicted molar refractivity (Wildman–Crippen MR) is 116 cm³/mol. The van der Waals surface area contributed by atoms with Crippen molar-refractivity contribution in [3.8, 4) is 12.3 Å². The molecule has 166 valence electrons. The van der Waals surface area contributed by atoms with Crippen LogP contribution in [0.1, 0.15) is 103 Å². The van der Waals surface area contributed by atoms with Crippen LogP contribution >= 0.6 is 0 Å². The van der Waals surface area contributed by atoms with E-state index in [1.54, 1.807) is 0 Å². The van der Waals surface area contributed by atoms with Crippen molar-refractivity contribution >= 4 is 0 Å². The summed E-state index contributed by atoms with van der Waals surface area (Å²) in [6.07, 6.45) is 18.5. The van der Waals surface area contributed by atoms with Crippen molar-refractivity contribution in [1.82, 2.24) is 0 Å². The average molecular weight is 409 g/mol. The third-order valence-corrected chi connectivity index (χ3v) is 8.19. The molecule has 3 saturated carbocycles. The smallest absolute Gasteiger partial charge is 0.157 e. The van der Waals surface area contributed by atoms with Crippen LogP contribution in [-0.4, -0.2) is 24.6 Å². The van der Waals surface area contributed by atoms with Gasteiger partial charge in [-0.25, -0.2) is 8.78 Å². The van der Waals surface area contributed by atoms with E-state index in [2.05, 4.69) is 12.8 Å². The number of rotatable bonds is 8. The van der Waals surface area contributed by atoms with Gasteiger partial charge in [-0.15, -0.1) is 6.42 Å². The summed E-state index contributed by atoms with van der Waals surface area (Å²) in [5.74, 6) is 4.62. The first kappa shape index (κ1) is 23.1. The quantitative estimate of drug-likeness (QED) is 0.300. The summed E-state index contributed by atoms with van der Waals surface area (Å²) in [6.45, 7) is 2.14. The highest BCUT2D eigenvalue weighted by Gasteiger charge is 2.45. The Kier molecular flexibility index (Phi) is 9.29. The Bertz CT molecular complexity index is 501. The molecule has 1 nitrogen and oxygen atoms in total. The van der Waals surface area contributed by atoms with Crippen molar-refractivity contribution in [1.29, 1.82) is 0 Å². The minimum Gasteiger partial charge on any atom is -0.359 e. The van der Waals surface area contributed by atoms with E-state index in [9.17, 15) is 4.39 Å². The van der Waals surface area contributed by atoms with Gasteiger partial charge in [-0.2, -0.15) is 0 Å². The monoisotopic (exact) mass is 408 g/mol. The number of hydrogen-bond donors (Lipinski definition) is 0. The molecular formula is C26H42F2O. The summed E-state index contributed by atoms with van der Waals surface area (Å²) in [5.41, 5.74) is 0. The number of alkyl halides is 2.